The van der Waals surface area contributed by atoms with Gasteiger partial charge < -0.3 is 41.3 Å². The maximum absolute atomic E-state index is 12.3. The van der Waals surface area contributed by atoms with Gasteiger partial charge in [-0.2, -0.15) is 0 Å². The summed E-state index contributed by atoms with van der Waals surface area (Å²) in [6.45, 7) is 11.1. The van der Waals surface area contributed by atoms with E-state index in [1.54, 1.807) is 0 Å². The van der Waals surface area contributed by atoms with Crippen LogP contribution in [-0.2, 0) is 54.7 Å². The van der Waals surface area contributed by atoms with Gasteiger partial charge >= 0.3 is 11.9 Å². The Morgan fingerprint density at radius 1 is 0.516 bits per heavy atom. The van der Waals surface area contributed by atoms with Crippen molar-refractivity contribution in [3.63, 3.8) is 0 Å². The van der Waals surface area contributed by atoms with Gasteiger partial charge in [-0.15, -0.1) is 23.5 Å². The third-order valence-corrected chi connectivity index (χ3v) is 14.4. The summed E-state index contributed by atoms with van der Waals surface area (Å²) in [5, 5.41) is 30.4. The molecule has 4 heterocycles. The molecule has 0 saturated carbocycles. The third-order valence-electron chi connectivity index (χ3n) is 11.2. The lowest BCUT2D eigenvalue weighted by atomic mass is 9.96. The van der Waals surface area contributed by atoms with E-state index in [0.717, 1.165) is 37.3 Å². The van der Waals surface area contributed by atoms with E-state index in [-0.39, 0.29) is 47.2 Å². The molecule has 6 N–H and O–H groups in total. The monoisotopic (exact) mass is 908 g/mol. The lowest BCUT2D eigenvalue weighted by Crippen LogP contribution is -2.70. The molecule has 4 aromatic rings. The number of benzene rings is 4. The van der Waals surface area contributed by atoms with Gasteiger partial charge in [0.1, 0.15) is 34.9 Å². The highest BCUT2D eigenvalue weighted by atomic mass is 32.2. The number of carboxylic acid groups (broad SMARTS) is 2. The van der Waals surface area contributed by atoms with E-state index in [0.29, 0.717) is 0 Å². The molecule has 4 aliphatic rings. The summed E-state index contributed by atoms with van der Waals surface area (Å²) in [5.74, 6) is -3.11. The Labute approximate surface area is 382 Å². The van der Waals surface area contributed by atoms with Crippen LogP contribution in [0.5, 0.6) is 0 Å². The minimum Gasteiger partial charge on any atom is -0.480 e. The molecule has 4 saturated heterocycles. The Morgan fingerprint density at radius 2 is 0.812 bits per heavy atom. The van der Waals surface area contributed by atoms with Crippen LogP contribution >= 0.6 is 23.5 Å². The van der Waals surface area contributed by atoms with Gasteiger partial charge in [-0.05, 0) is 49.9 Å². The van der Waals surface area contributed by atoms with Crippen molar-refractivity contribution in [2.75, 3.05) is 13.1 Å². The number of nitrogens with one attached hydrogen (secondary N) is 4. The minimum absolute atomic E-state index is 0.202. The second-order valence-electron chi connectivity index (χ2n) is 16.9. The summed E-state index contributed by atoms with van der Waals surface area (Å²) in [5.41, 5.74) is 4.41. The zero-order chi connectivity index (χ0) is 46.0. The molecule has 64 heavy (non-hydrogen) atoms. The summed E-state index contributed by atoms with van der Waals surface area (Å²) < 4.78 is -1.16. The molecule has 0 radical (unpaired) electrons. The quantitative estimate of drug-likeness (QED) is 0.0733. The molecule has 0 aromatic heterocycles. The number of aliphatic carboxylic acids is 2. The van der Waals surface area contributed by atoms with Gasteiger partial charge in [0.2, 0.25) is 23.6 Å². The first-order valence-corrected chi connectivity index (χ1v) is 22.9. The smallest absolute Gasteiger partial charge is 0.327 e. The Balaban J connectivity index is 0.000000161. The fourth-order valence-electron chi connectivity index (χ4n) is 8.14. The first-order valence-electron chi connectivity index (χ1n) is 21.2. The van der Waals surface area contributed by atoms with Gasteiger partial charge in [-0.1, -0.05) is 121 Å². The zero-order valence-electron chi connectivity index (χ0n) is 36.3. The van der Waals surface area contributed by atoms with E-state index in [1.807, 2.05) is 100 Å². The fraction of sp³-hybridized carbons (Fsp3) is 0.375. The van der Waals surface area contributed by atoms with E-state index in [9.17, 15) is 39.0 Å². The first-order chi connectivity index (χ1) is 30.6. The number of nitrogens with zero attached hydrogens (tertiary/aromatic N) is 2. The van der Waals surface area contributed by atoms with E-state index in [4.69, 9.17) is 0 Å². The highest BCUT2D eigenvalue weighted by Gasteiger charge is 2.65. The molecule has 0 bridgehead atoms. The van der Waals surface area contributed by atoms with Gasteiger partial charge in [0, 0.05) is 35.7 Å². The maximum atomic E-state index is 12.3. The molecular weight excluding hydrogens is 853 g/mol. The van der Waals surface area contributed by atoms with E-state index in [2.05, 4.69) is 69.8 Å². The van der Waals surface area contributed by atoms with Crippen molar-refractivity contribution >= 4 is 59.1 Å². The van der Waals surface area contributed by atoms with Crippen molar-refractivity contribution in [1.82, 2.24) is 31.1 Å². The number of thioether (sulfide) groups is 2. The molecule has 14 nitrogen and oxygen atoms in total. The number of hydrogen-bond donors (Lipinski definition) is 6. The predicted octanol–water partition coefficient (Wildman–Crippen LogP) is 4.29. The number of hydrogen-bond acceptors (Lipinski definition) is 10. The van der Waals surface area contributed by atoms with Gasteiger partial charge in [0.15, 0.2) is 0 Å². The van der Waals surface area contributed by atoms with Crippen LogP contribution in [0.1, 0.15) is 49.9 Å². The number of β-lactam (4-membered cyclic amide) rings is 2. The number of rotatable bonds is 15. The molecule has 16 heteroatoms. The van der Waals surface area contributed by atoms with Gasteiger partial charge in [-0.25, -0.2) is 9.59 Å². The van der Waals surface area contributed by atoms with Crippen molar-refractivity contribution in [3.8, 4) is 0 Å². The molecular formula is C48H56N6O8S2. The number of fused-ring (bicyclic) bond motifs is 2. The highest BCUT2D eigenvalue weighted by molar-refractivity contribution is 8.02. The van der Waals surface area contributed by atoms with E-state index < -0.39 is 45.6 Å². The van der Waals surface area contributed by atoms with Crippen molar-refractivity contribution in [2.45, 2.75) is 98.0 Å². The topological polar surface area (TPSA) is 197 Å². The highest BCUT2D eigenvalue weighted by Crippen LogP contribution is 2.51. The number of amides is 4. The molecule has 6 atom stereocenters. The molecule has 8 rings (SSSR count). The summed E-state index contributed by atoms with van der Waals surface area (Å²) >= 11 is 2.85. The van der Waals surface area contributed by atoms with Gasteiger partial charge in [-0.3, -0.25) is 19.2 Å². The van der Waals surface area contributed by atoms with Crippen molar-refractivity contribution < 1.29 is 39.0 Å². The Bertz CT molecular complexity index is 2090. The summed E-state index contributed by atoms with van der Waals surface area (Å²) in [6.07, 6.45) is 0.404. The van der Waals surface area contributed by atoms with Crippen LogP contribution in [0, 0.1) is 0 Å². The molecule has 4 aliphatic heterocycles. The van der Waals surface area contributed by atoms with Crippen LogP contribution in [0.3, 0.4) is 0 Å². The first kappa shape index (κ1) is 47.8. The standard InChI is InChI=1S/2C16H18N2O4S.C16H20N2/c2*1-16(2)12(15(21)22)18-13(20)11(14(18)23-16)17-10(19)8-9-6-4-3-5-7-9;1-3-7-15(8-4-1)13-17-11-12-18-14-16-9-5-2-6-10-16/h2*3-7,11-12,14H,8H2,1-2H3,(H,17,19)(H,21,22);1-10,17-18H,11-14H2/t2*11-,12+,14+;/m11./s1. The number of carboxylic acids is 2. The Morgan fingerprint density at radius 3 is 1.11 bits per heavy atom. The van der Waals surface area contributed by atoms with Crippen LogP contribution in [0.2, 0.25) is 0 Å². The molecule has 4 aromatic carbocycles. The minimum atomic E-state index is -1.01. The van der Waals surface area contributed by atoms with Crippen molar-refractivity contribution in [2.24, 2.45) is 0 Å². The summed E-state index contributed by atoms with van der Waals surface area (Å²) in [7, 11) is 0. The predicted molar refractivity (Wildman–Crippen MR) is 248 cm³/mol. The second-order valence-corrected chi connectivity index (χ2v) is 20.5. The number of carbonyl (C=O) groups is 6. The molecule has 0 aliphatic carbocycles. The number of carbonyl (C=O) groups excluding carboxylic acids is 4. The van der Waals surface area contributed by atoms with Crippen LogP contribution < -0.4 is 21.3 Å². The van der Waals surface area contributed by atoms with Crippen LogP contribution in [-0.4, -0.2) is 113 Å². The average molecular weight is 909 g/mol. The fourth-order valence-corrected chi connectivity index (χ4v) is 11.4. The normalized spacial score (nSPS) is 23.1. The van der Waals surface area contributed by atoms with Crippen LogP contribution in [0.4, 0.5) is 0 Å². The Kier molecular flexibility index (Phi) is 15.9. The largest absolute Gasteiger partial charge is 0.480 e. The molecule has 338 valence electrons. The van der Waals surface area contributed by atoms with Crippen LogP contribution in [0.25, 0.3) is 0 Å². The third kappa shape index (κ3) is 11.7. The molecule has 4 fully saturated rings. The summed E-state index contributed by atoms with van der Waals surface area (Å²) in [4.78, 5) is 74.4. The molecule has 4 amide bonds. The zero-order valence-corrected chi connectivity index (χ0v) is 37.9. The van der Waals surface area contributed by atoms with Crippen molar-refractivity contribution in [1.29, 1.82) is 0 Å². The van der Waals surface area contributed by atoms with E-state index in [1.165, 1.54) is 44.5 Å². The van der Waals surface area contributed by atoms with Gasteiger partial charge in [0.05, 0.1) is 12.8 Å². The average Bonchev–Trinajstić information content (AvgIpc) is 3.69. The van der Waals surface area contributed by atoms with Gasteiger partial charge in [0.25, 0.3) is 0 Å². The maximum Gasteiger partial charge on any atom is 0.327 e. The van der Waals surface area contributed by atoms with E-state index >= 15 is 0 Å². The molecule has 0 unspecified atom stereocenters. The molecule has 0 spiro atoms. The van der Waals surface area contributed by atoms with Crippen molar-refractivity contribution in [3.05, 3.63) is 144 Å². The second kappa shape index (κ2) is 21.3. The summed E-state index contributed by atoms with van der Waals surface area (Å²) in [6, 6.07) is 36.5. The van der Waals surface area contributed by atoms with Crippen LogP contribution in [0.15, 0.2) is 121 Å². The Hall–Kier alpha value is -5.68. The lowest BCUT2D eigenvalue weighted by molar-refractivity contribution is -0.161. The lowest BCUT2D eigenvalue weighted by Gasteiger charge is -2.43. The SMILES string of the molecule is CC1(C)S[C@H]2[C@H](NC(=O)Cc3ccccc3)C(=O)N2[C@H]1C(=O)O.CC1(C)S[C@H]2[C@H](NC(=O)Cc3ccccc3)C(=O)N2[C@H]1C(=O)O.c1ccc(CNCCNCc2ccccc2)cc1.